The molecule has 0 saturated heterocycles. The van der Waals surface area contributed by atoms with Gasteiger partial charge in [-0.15, -0.1) is 0 Å². The van der Waals surface area contributed by atoms with Crippen molar-refractivity contribution in [3.8, 4) is 0 Å². The number of nitrogens with zero attached hydrogens (tertiary/aromatic N) is 1. The fourth-order valence-corrected chi connectivity index (χ4v) is 6.67. The second-order valence-corrected chi connectivity index (χ2v) is 18.1. The largest absolute Gasteiger partial charge is 0.756 e. The predicted octanol–water partition coefficient (Wildman–Crippen LogP) is 14.0. The topological polar surface area (TPSA) is 94.1 Å². The molecule has 0 aliphatic rings. The standard InChI is InChI=1S/C52H90NO7P/c1-6-8-10-12-14-16-18-20-21-22-23-24-25-26-27-28-29-30-31-32-34-36-38-40-42-44-47-57-49-51(50-59-61(55,56)58-48-46-53(3,4)5)60-52(54)45-43-41-39-37-35-33-19-17-15-13-11-9-7-2/h8,10-11,13-14,16-17,19-21,23-24,26-27,29-30,51H,6-7,9,12,15,18,22,25,28,31-50H2,1-5H3/b10-8-,13-11-,16-14-,19-17-,21-20-,24-23-,27-26-,30-29-. The van der Waals surface area contributed by atoms with Gasteiger partial charge in [-0.3, -0.25) is 9.36 Å². The van der Waals surface area contributed by atoms with Crippen molar-refractivity contribution in [1.29, 1.82) is 0 Å². The SMILES string of the molecule is CC/C=C\C/C=C\C/C=C\C/C=C\C/C=C\C/C=C\CCCCCCCCCOCC(COP(=O)([O-])OCC[N+](C)(C)C)OC(=O)CCCCCCC/C=C\C/C=C\CCC. The zero-order chi connectivity index (χ0) is 44.8. The van der Waals surface area contributed by atoms with E-state index in [2.05, 4.69) is 111 Å². The Balaban J connectivity index is 4.19. The second kappa shape index (κ2) is 44.0. The van der Waals surface area contributed by atoms with E-state index in [0.717, 1.165) is 116 Å². The maximum absolute atomic E-state index is 12.7. The molecule has 0 aromatic carbocycles. The van der Waals surface area contributed by atoms with E-state index in [9.17, 15) is 14.3 Å². The van der Waals surface area contributed by atoms with E-state index in [1.165, 1.54) is 32.1 Å². The van der Waals surface area contributed by atoms with Crippen molar-refractivity contribution in [3.63, 3.8) is 0 Å². The molecule has 0 aliphatic heterocycles. The Morgan fingerprint density at radius 1 is 0.525 bits per heavy atom. The van der Waals surface area contributed by atoms with Crippen molar-refractivity contribution < 1.29 is 37.3 Å². The van der Waals surface area contributed by atoms with Gasteiger partial charge in [0.25, 0.3) is 7.82 Å². The van der Waals surface area contributed by atoms with Gasteiger partial charge in [-0.05, 0) is 89.9 Å². The first-order chi connectivity index (χ1) is 29.6. The van der Waals surface area contributed by atoms with Crippen LogP contribution in [0.3, 0.4) is 0 Å². The molecule has 0 saturated carbocycles. The van der Waals surface area contributed by atoms with Crippen LogP contribution in [-0.2, 0) is 27.9 Å². The highest BCUT2D eigenvalue weighted by atomic mass is 31.2. The quantitative estimate of drug-likeness (QED) is 0.0198. The van der Waals surface area contributed by atoms with E-state index in [1.807, 2.05) is 21.1 Å². The van der Waals surface area contributed by atoms with E-state index in [1.54, 1.807) is 0 Å². The maximum Gasteiger partial charge on any atom is 0.306 e. The summed E-state index contributed by atoms with van der Waals surface area (Å²) in [5.41, 5.74) is 0. The molecule has 0 spiro atoms. The van der Waals surface area contributed by atoms with E-state index in [-0.39, 0.29) is 32.2 Å². The van der Waals surface area contributed by atoms with Crippen LogP contribution in [0.5, 0.6) is 0 Å². The maximum atomic E-state index is 12.7. The highest BCUT2D eigenvalue weighted by Crippen LogP contribution is 2.38. The number of allylic oxidation sites excluding steroid dienone is 16. The van der Waals surface area contributed by atoms with Gasteiger partial charge in [-0.25, -0.2) is 0 Å². The summed E-state index contributed by atoms with van der Waals surface area (Å²) in [6, 6.07) is 0. The Hall–Kier alpha value is -2.58. The number of hydrogen-bond donors (Lipinski definition) is 0. The Bertz CT molecular complexity index is 1290. The van der Waals surface area contributed by atoms with Crippen molar-refractivity contribution in [2.75, 3.05) is 54.1 Å². The summed E-state index contributed by atoms with van der Waals surface area (Å²) in [4.78, 5) is 25.1. The van der Waals surface area contributed by atoms with Crippen LogP contribution in [0.25, 0.3) is 0 Å². The average Bonchev–Trinajstić information content (AvgIpc) is 3.22. The van der Waals surface area contributed by atoms with Gasteiger partial charge < -0.3 is 27.9 Å². The lowest BCUT2D eigenvalue weighted by Gasteiger charge is -2.28. The molecular weight excluding hydrogens is 782 g/mol. The molecule has 2 unspecified atom stereocenters. The number of phosphoric ester groups is 1. The molecule has 350 valence electrons. The summed E-state index contributed by atoms with van der Waals surface area (Å²) >= 11 is 0. The predicted molar refractivity (Wildman–Crippen MR) is 258 cm³/mol. The molecule has 0 bridgehead atoms. The first kappa shape index (κ1) is 58.4. The van der Waals surface area contributed by atoms with Crippen LogP contribution >= 0.6 is 7.82 Å². The highest BCUT2D eigenvalue weighted by Gasteiger charge is 2.20. The lowest BCUT2D eigenvalue weighted by molar-refractivity contribution is -0.870. The van der Waals surface area contributed by atoms with Gasteiger partial charge in [0.05, 0.1) is 34.4 Å². The van der Waals surface area contributed by atoms with Crippen LogP contribution in [0, 0.1) is 0 Å². The van der Waals surface area contributed by atoms with Gasteiger partial charge in [0.15, 0.2) is 0 Å². The van der Waals surface area contributed by atoms with Crippen LogP contribution in [0.1, 0.15) is 168 Å². The van der Waals surface area contributed by atoms with Gasteiger partial charge in [0.2, 0.25) is 0 Å². The Kier molecular flexibility index (Phi) is 42.2. The van der Waals surface area contributed by atoms with Gasteiger partial charge in [0, 0.05) is 13.0 Å². The van der Waals surface area contributed by atoms with Crippen LogP contribution in [0.2, 0.25) is 0 Å². The molecule has 0 aromatic rings. The summed E-state index contributed by atoms with van der Waals surface area (Å²) in [5.74, 6) is -0.358. The number of phosphoric acid groups is 1. The van der Waals surface area contributed by atoms with Crippen LogP contribution in [0.15, 0.2) is 97.2 Å². The van der Waals surface area contributed by atoms with E-state index in [0.29, 0.717) is 17.6 Å². The Morgan fingerprint density at radius 3 is 1.43 bits per heavy atom. The zero-order valence-electron chi connectivity index (χ0n) is 39.6. The summed E-state index contributed by atoms with van der Waals surface area (Å²) in [7, 11) is 1.32. The van der Waals surface area contributed by atoms with E-state index >= 15 is 0 Å². The van der Waals surface area contributed by atoms with Crippen molar-refractivity contribution in [1.82, 2.24) is 0 Å². The van der Waals surface area contributed by atoms with Gasteiger partial charge in [0.1, 0.15) is 19.3 Å². The number of likely N-dealkylation sites (N-methyl/N-ethyl adjacent to an activating group) is 1. The molecule has 0 heterocycles. The van der Waals surface area contributed by atoms with Crippen molar-refractivity contribution in [3.05, 3.63) is 97.2 Å². The molecule has 0 aliphatic carbocycles. The van der Waals surface area contributed by atoms with E-state index in [4.69, 9.17) is 18.5 Å². The van der Waals surface area contributed by atoms with E-state index < -0.39 is 13.9 Å². The molecule has 9 heteroatoms. The first-order valence-corrected chi connectivity index (χ1v) is 25.4. The molecule has 0 fully saturated rings. The lowest BCUT2D eigenvalue weighted by Crippen LogP contribution is -2.37. The number of esters is 1. The smallest absolute Gasteiger partial charge is 0.306 e. The molecule has 0 rings (SSSR count). The Labute approximate surface area is 375 Å². The number of carbonyl (C=O) groups excluding carboxylic acids is 1. The third kappa shape index (κ3) is 48.3. The monoisotopic (exact) mass is 872 g/mol. The minimum absolute atomic E-state index is 0.0153. The molecule has 2 atom stereocenters. The number of carbonyl (C=O) groups is 1. The number of rotatable bonds is 43. The highest BCUT2D eigenvalue weighted by molar-refractivity contribution is 7.45. The van der Waals surface area contributed by atoms with Crippen LogP contribution in [0.4, 0.5) is 0 Å². The normalized spacial score (nSPS) is 14.5. The lowest BCUT2D eigenvalue weighted by atomic mass is 10.1. The summed E-state index contributed by atoms with van der Waals surface area (Å²) in [6.45, 7) is 5.16. The fraction of sp³-hybridized carbons (Fsp3) is 0.673. The summed E-state index contributed by atoms with van der Waals surface area (Å²) in [6.07, 6.45) is 60.0. The molecule has 0 N–H and O–H groups in total. The second-order valence-electron chi connectivity index (χ2n) is 16.7. The molecule has 0 radical (unpaired) electrons. The minimum atomic E-state index is -4.54. The number of ether oxygens (including phenoxy) is 2. The molecule has 61 heavy (non-hydrogen) atoms. The molecule has 0 aromatic heterocycles. The number of hydrogen-bond acceptors (Lipinski definition) is 7. The van der Waals surface area contributed by atoms with Crippen LogP contribution < -0.4 is 4.89 Å². The molecule has 8 nitrogen and oxygen atoms in total. The third-order valence-corrected chi connectivity index (χ3v) is 10.6. The van der Waals surface area contributed by atoms with Crippen LogP contribution in [-0.4, -0.2) is 70.7 Å². The number of unbranched alkanes of at least 4 members (excludes halogenated alkanes) is 13. The molecular formula is C52H90NO7P. The molecule has 0 amide bonds. The first-order valence-electron chi connectivity index (χ1n) is 24.0. The third-order valence-electron chi connectivity index (χ3n) is 9.60. The minimum Gasteiger partial charge on any atom is -0.756 e. The summed E-state index contributed by atoms with van der Waals surface area (Å²) in [5, 5.41) is 0. The Morgan fingerprint density at radius 2 is 0.951 bits per heavy atom. The van der Waals surface area contributed by atoms with Crippen molar-refractivity contribution in [2.45, 2.75) is 174 Å². The average molecular weight is 872 g/mol. The zero-order valence-corrected chi connectivity index (χ0v) is 40.5. The van der Waals surface area contributed by atoms with Crippen molar-refractivity contribution >= 4 is 13.8 Å². The fourth-order valence-electron chi connectivity index (χ4n) is 5.94. The number of quaternary nitrogens is 1. The van der Waals surface area contributed by atoms with Gasteiger partial charge in [-0.2, -0.15) is 0 Å². The van der Waals surface area contributed by atoms with Gasteiger partial charge >= 0.3 is 5.97 Å². The summed E-state index contributed by atoms with van der Waals surface area (Å²) < 4.78 is 34.6. The van der Waals surface area contributed by atoms with Crippen molar-refractivity contribution in [2.24, 2.45) is 0 Å². The van der Waals surface area contributed by atoms with Gasteiger partial charge in [-0.1, -0.05) is 169 Å².